The average molecular weight is 678 g/mol. The van der Waals surface area contributed by atoms with Crippen molar-refractivity contribution in [2.45, 2.75) is 51.5 Å². The van der Waals surface area contributed by atoms with E-state index < -0.39 is 16.2 Å². The molecule has 0 aliphatic carbocycles. The third kappa shape index (κ3) is 5.34. The van der Waals surface area contributed by atoms with E-state index in [-0.39, 0.29) is 37.1 Å². The Morgan fingerprint density at radius 2 is 1.67 bits per heavy atom. The molecule has 1 radical (unpaired) electrons. The average Bonchev–Trinajstić information content (AvgIpc) is 2.81. The van der Waals surface area contributed by atoms with Crippen LogP contribution in [0.1, 0.15) is 41.5 Å². The Hall–Kier alpha value is -2.73. The fourth-order valence-corrected chi connectivity index (χ4v) is 5.01. The molecule has 36 heavy (non-hydrogen) atoms. The van der Waals surface area contributed by atoms with Gasteiger partial charge in [0.1, 0.15) is 5.76 Å². The summed E-state index contributed by atoms with van der Waals surface area (Å²) in [4.78, 5) is 21.1. The Labute approximate surface area is 227 Å². The smallest absolute Gasteiger partial charge is 0.164 e. The molecule has 0 spiro atoms. The molecule has 1 atom stereocenters. The zero-order chi connectivity index (χ0) is 25.5. The number of hydrogen-bond acceptors (Lipinski definition) is 5. The summed E-state index contributed by atoms with van der Waals surface area (Å²) in [5.41, 5.74) is 0.801. The van der Waals surface area contributed by atoms with Gasteiger partial charge < -0.3 is 15.1 Å². The molecule has 5 nitrogen and oxygen atoms in total. The SMILES string of the molecule is CC(C)(C)C(=O)/C=C(\O)C(C)(C)C.O=S1c2ncc[c-]c2-c2nccc3c2c1cc1ccccc13.[Ir]. The Morgan fingerprint density at radius 3 is 2.33 bits per heavy atom. The van der Waals surface area contributed by atoms with Crippen molar-refractivity contribution < 1.29 is 34.2 Å². The Balaban J connectivity index is 0.000000226. The first-order chi connectivity index (χ1) is 16.4. The zero-order valence-electron chi connectivity index (χ0n) is 21.2. The molecule has 5 rings (SSSR count). The van der Waals surface area contributed by atoms with Crippen molar-refractivity contribution >= 4 is 38.1 Å². The van der Waals surface area contributed by atoms with Crippen LogP contribution in [-0.4, -0.2) is 25.1 Å². The molecule has 1 unspecified atom stereocenters. The summed E-state index contributed by atoms with van der Waals surface area (Å²) < 4.78 is 12.9. The van der Waals surface area contributed by atoms with E-state index in [1.54, 1.807) is 18.5 Å². The Morgan fingerprint density at radius 1 is 0.972 bits per heavy atom. The molecular weight excluding hydrogens is 649 g/mol. The third-order valence-corrected chi connectivity index (χ3v) is 7.21. The van der Waals surface area contributed by atoms with Crippen molar-refractivity contribution in [1.29, 1.82) is 0 Å². The van der Waals surface area contributed by atoms with Crippen molar-refractivity contribution in [3.05, 3.63) is 72.8 Å². The quantitative estimate of drug-likeness (QED) is 0.0913. The maximum Gasteiger partial charge on any atom is 0.164 e. The van der Waals surface area contributed by atoms with Crippen molar-refractivity contribution in [1.82, 2.24) is 9.97 Å². The minimum atomic E-state index is -1.30. The number of fused-ring (bicyclic) bond motifs is 4. The first kappa shape index (κ1) is 27.9. The first-order valence-electron chi connectivity index (χ1n) is 11.4. The summed E-state index contributed by atoms with van der Waals surface area (Å²) in [5, 5.41) is 14.4. The van der Waals surface area contributed by atoms with E-state index in [4.69, 9.17) is 0 Å². The maximum atomic E-state index is 12.9. The molecule has 2 aromatic heterocycles. The molecule has 189 valence electrons. The largest absolute Gasteiger partial charge is 0.512 e. The van der Waals surface area contributed by atoms with Gasteiger partial charge in [0.05, 0.1) is 10.8 Å². The normalized spacial score (nSPS) is 14.9. The van der Waals surface area contributed by atoms with Gasteiger partial charge in [0.25, 0.3) is 0 Å². The van der Waals surface area contributed by atoms with E-state index in [0.29, 0.717) is 5.03 Å². The summed E-state index contributed by atoms with van der Waals surface area (Å²) in [6.07, 6.45) is 4.76. The molecule has 1 N–H and O–H groups in total. The van der Waals surface area contributed by atoms with Crippen LogP contribution in [0.4, 0.5) is 0 Å². The van der Waals surface area contributed by atoms with Gasteiger partial charge in [0, 0.05) is 53.1 Å². The van der Waals surface area contributed by atoms with Gasteiger partial charge in [-0.2, -0.15) is 0 Å². The summed E-state index contributed by atoms with van der Waals surface area (Å²) in [6.45, 7) is 11.1. The van der Waals surface area contributed by atoms with Crippen molar-refractivity contribution in [2.75, 3.05) is 0 Å². The predicted molar refractivity (Wildman–Crippen MR) is 141 cm³/mol. The number of nitrogens with zero attached hydrogens (tertiary/aromatic N) is 2. The second-order valence-corrected chi connectivity index (χ2v) is 12.0. The Kier molecular flexibility index (Phi) is 7.99. The van der Waals surface area contributed by atoms with Crippen LogP contribution in [0.3, 0.4) is 0 Å². The molecule has 1 aliphatic rings. The Bertz CT molecular complexity index is 1520. The summed E-state index contributed by atoms with van der Waals surface area (Å²) in [5.74, 6) is 0.104. The van der Waals surface area contributed by atoms with Crippen LogP contribution in [0.15, 0.2) is 76.6 Å². The van der Waals surface area contributed by atoms with Gasteiger partial charge in [-0.3, -0.25) is 9.00 Å². The number of allylic oxidation sites excluding steroid dienone is 2. The van der Waals surface area contributed by atoms with E-state index in [1.165, 1.54) is 6.08 Å². The number of aromatic nitrogens is 2. The number of aliphatic hydroxyl groups excluding tert-OH is 1. The predicted octanol–water partition coefficient (Wildman–Crippen LogP) is 6.82. The van der Waals surface area contributed by atoms with Crippen LogP contribution in [0.5, 0.6) is 0 Å². The second-order valence-electron chi connectivity index (χ2n) is 10.6. The number of benzene rings is 2. The van der Waals surface area contributed by atoms with Crippen LogP contribution >= 0.6 is 0 Å². The fourth-order valence-electron chi connectivity index (χ4n) is 3.68. The van der Waals surface area contributed by atoms with Gasteiger partial charge in [-0.15, -0.1) is 12.1 Å². The number of rotatable bonds is 1. The number of ketones is 1. The van der Waals surface area contributed by atoms with Crippen LogP contribution in [-0.2, 0) is 35.7 Å². The zero-order valence-corrected chi connectivity index (χ0v) is 24.4. The molecule has 0 bridgehead atoms. The van der Waals surface area contributed by atoms with E-state index >= 15 is 0 Å². The number of carbonyl (C=O) groups is 1. The van der Waals surface area contributed by atoms with Crippen LogP contribution in [0, 0.1) is 16.9 Å². The number of pyridine rings is 2. The van der Waals surface area contributed by atoms with E-state index in [0.717, 1.165) is 37.7 Å². The molecule has 1 aliphatic heterocycles. The van der Waals surface area contributed by atoms with Gasteiger partial charge in [-0.1, -0.05) is 77.6 Å². The van der Waals surface area contributed by atoms with Gasteiger partial charge in [0.2, 0.25) is 0 Å². The molecule has 3 heterocycles. The maximum absolute atomic E-state index is 12.9. The van der Waals surface area contributed by atoms with Gasteiger partial charge in [-0.05, 0) is 39.4 Å². The topological polar surface area (TPSA) is 80.1 Å². The fraction of sp³-hybridized carbons (Fsp3) is 0.276. The number of aliphatic hydroxyl groups is 1. The van der Waals surface area contributed by atoms with Crippen LogP contribution in [0.25, 0.3) is 32.8 Å². The first-order valence-corrected chi connectivity index (χ1v) is 12.6. The van der Waals surface area contributed by atoms with Gasteiger partial charge in [0.15, 0.2) is 5.78 Å². The third-order valence-electron chi connectivity index (χ3n) is 5.83. The summed E-state index contributed by atoms with van der Waals surface area (Å²) in [7, 11) is -1.30. The van der Waals surface area contributed by atoms with Gasteiger partial charge in [-0.25, -0.2) is 0 Å². The minimum absolute atomic E-state index is 0. The van der Waals surface area contributed by atoms with E-state index in [9.17, 15) is 14.1 Å². The summed E-state index contributed by atoms with van der Waals surface area (Å²) >= 11 is 0. The van der Waals surface area contributed by atoms with Crippen LogP contribution < -0.4 is 0 Å². The molecule has 7 heteroatoms. The van der Waals surface area contributed by atoms with E-state index in [2.05, 4.69) is 22.1 Å². The minimum Gasteiger partial charge on any atom is -0.512 e. The molecule has 0 fully saturated rings. The molecule has 2 aromatic carbocycles. The van der Waals surface area contributed by atoms with Crippen molar-refractivity contribution in [2.24, 2.45) is 10.8 Å². The monoisotopic (exact) mass is 678 g/mol. The van der Waals surface area contributed by atoms with Gasteiger partial charge >= 0.3 is 0 Å². The number of hydrogen-bond donors (Lipinski definition) is 1. The molecule has 0 amide bonds. The number of carbonyl (C=O) groups excluding carboxylic acids is 1. The van der Waals surface area contributed by atoms with Crippen molar-refractivity contribution in [3.63, 3.8) is 0 Å². The van der Waals surface area contributed by atoms with Crippen LogP contribution in [0.2, 0.25) is 0 Å². The molecule has 0 saturated carbocycles. The molecular formula is C29H29IrN2O3S-. The van der Waals surface area contributed by atoms with E-state index in [1.807, 2.05) is 71.9 Å². The molecule has 4 aromatic rings. The van der Waals surface area contributed by atoms with Crippen molar-refractivity contribution in [3.8, 4) is 11.3 Å². The summed E-state index contributed by atoms with van der Waals surface area (Å²) in [6, 6.07) is 17.0. The second kappa shape index (κ2) is 10.3. The standard InChI is InChI=1S/C18H9N2OS.C11H20O2.Ir/c21-22-15-10-11-4-1-2-5-12(11)13-7-9-19-17(16(13)15)14-6-3-8-20-18(14)22;1-10(2,3)8(12)7-9(13)11(4,5)6;/h1-5,7-10H;7,12H,1-6H3;/q-1;;/b;8-7-;. The molecule has 0 saturated heterocycles.